The number of hydrogen-bond donors (Lipinski definition) is 2. The Morgan fingerprint density at radius 2 is 2.39 bits per heavy atom. The fourth-order valence-electron chi connectivity index (χ4n) is 4.49. The van der Waals surface area contributed by atoms with Crippen molar-refractivity contribution in [3.05, 3.63) is 35.3 Å². The van der Waals surface area contributed by atoms with Crippen LogP contribution < -0.4 is 10.6 Å². The van der Waals surface area contributed by atoms with Crippen LogP contribution in [0.25, 0.3) is 0 Å². The molecule has 2 fully saturated rings. The molecule has 124 valence electrons. The average molecular weight is 335 g/mol. The molecular weight excluding hydrogens is 312 g/mol. The van der Waals surface area contributed by atoms with Crippen LogP contribution in [0.1, 0.15) is 26.2 Å². The third kappa shape index (κ3) is 2.46. The fraction of sp³-hybridized carbons (Fsp3) is 0.588. The molecule has 4 heterocycles. The minimum absolute atomic E-state index is 0.0255. The van der Waals surface area contributed by atoms with Gasteiger partial charge < -0.3 is 15.5 Å². The van der Waals surface area contributed by atoms with Gasteiger partial charge in [0.25, 0.3) is 5.91 Å². The minimum Gasteiger partial charge on any atom is -0.366 e. The molecule has 0 aromatic heterocycles. The summed E-state index contributed by atoms with van der Waals surface area (Å²) in [6, 6.07) is 0. The number of hydrogen-bond acceptors (Lipinski definition) is 4. The van der Waals surface area contributed by atoms with Crippen molar-refractivity contribution in [3.8, 4) is 0 Å². The number of fused-ring (bicyclic) bond motifs is 2. The van der Waals surface area contributed by atoms with Gasteiger partial charge in [-0.05, 0) is 51.3 Å². The predicted octanol–water partition coefficient (Wildman–Crippen LogP) is 1.70. The van der Waals surface area contributed by atoms with E-state index in [1.165, 1.54) is 25.8 Å². The van der Waals surface area contributed by atoms with Crippen molar-refractivity contribution in [2.24, 2.45) is 5.92 Å². The highest BCUT2D eigenvalue weighted by Crippen LogP contribution is 2.42. The summed E-state index contributed by atoms with van der Waals surface area (Å²) in [4.78, 5) is 17.2. The highest BCUT2D eigenvalue weighted by molar-refractivity contribution is 6.31. The Balaban J connectivity index is 1.42. The lowest BCUT2D eigenvalue weighted by molar-refractivity contribution is -0.118. The Labute approximate surface area is 142 Å². The highest BCUT2D eigenvalue weighted by Gasteiger charge is 2.47. The summed E-state index contributed by atoms with van der Waals surface area (Å²) in [5.74, 6) is 0.511. The molecule has 0 spiro atoms. The lowest BCUT2D eigenvalue weighted by atomic mass is 9.85. The quantitative estimate of drug-likeness (QED) is 0.825. The second-order valence-electron chi connectivity index (χ2n) is 7.09. The summed E-state index contributed by atoms with van der Waals surface area (Å²) >= 11 is 6.14. The molecule has 1 unspecified atom stereocenters. The van der Waals surface area contributed by atoms with E-state index in [1.807, 2.05) is 23.5 Å². The zero-order valence-corrected chi connectivity index (χ0v) is 14.1. The number of nitrogens with zero attached hydrogens (tertiary/aromatic N) is 2. The van der Waals surface area contributed by atoms with Crippen molar-refractivity contribution >= 4 is 17.5 Å². The van der Waals surface area contributed by atoms with Crippen LogP contribution in [-0.4, -0.2) is 47.0 Å². The molecule has 0 aromatic rings. The first-order valence-corrected chi connectivity index (χ1v) is 8.78. The largest absolute Gasteiger partial charge is 0.366 e. The number of carbonyl (C=O) groups is 1. The van der Waals surface area contributed by atoms with Crippen molar-refractivity contribution < 1.29 is 4.79 Å². The molecule has 1 amide bonds. The number of rotatable bonds is 3. The molecule has 0 bridgehead atoms. The van der Waals surface area contributed by atoms with Crippen molar-refractivity contribution in [1.29, 1.82) is 0 Å². The van der Waals surface area contributed by atoms with Crippen LogP contribution >= 0.6 is 11.6 Å². The first-order valence-electron chi connectivity index (χ1n) is 8.40. The Kier molecular flexibility index (Phi) is 3.65. The third-order valence-electron chi connectivity index (χ3n) is 5.89. The van der Waals surface area contributed by atoms with Crippen LogP contribution in [0.2, 0.25) is 0 Å². The fourth-order valence-corrected chi connectivity index (χ4v) is 4.72. The van der Waals surface area contributed by atoms with Crippen molar-refractivity contribution in [2.75, 3.05) is 19.6 Å². The average Bonchev–Trinajstić information content (AvgIpc) is 3.18. The molecule has 5 nitrogen and oxygen atoms in total. The van der Waals surface area contributed by atoms with Crippen LogP contribution in [-0.2, 0) is 4.79 Å². The van der Waals surface area contributed by atoms with Crippen molar-refractivity contribution in [3.63, 3.8) is 0 Å². The minimum atomic E-state index is -0.139. The zero-order chi connectivity index (χ0) is 16.0. The number of carbonyl (C=O) groups excluding carboxylic acids is 1. The molecule has 4 rings (SSSR count). The molecule has 23 heavy (non-hydrogen) atoms. The molecule has 2 saturated heterocycles. The van der Waals surface area contributed by atoms with Gasteiger partial charge in [0.1, 0.15) is 6.17 Å². The van der Waals surface area contributed by atoms with E-state index in [9.17, 15) is 4.79 Å². The van der Waals surface area contributed by atoms with Gasteiger partial charge in [-0.15, -0.1) is 0 Å². The maximum atomic E-state index is 12.7. The summed E-state index contributed by atoms with van der Waals surface area (Å²) in [7, 11) is 0. The second kappa shape index (κ2) is 5.56. The van der Waals surface area contributed by atoms with Gasteiger partial charge in [0.2, 0.25) is 0 Å². The summed E-state index contributed by atoms with van der Waals surface area (Å²) in [5, 5.41) is 6.92. The zero-order valence-electron chi connectivity index (χ0n) is 13.4. The van der Waals surface area contributed by atoms with Gasteiger partial charge in [-0.3, -0.25) is 9.69 Å². The van der Waals surface area contributed by atoms with E-state index < -0.39 is 0 Å². The molecule has 0 saturated carbocycles. The summed E-state index contributed by atoms with van der Waals surface area (Å²) in [6.45, 7) is 5.47. The van der Waals surface area contributed by atoms with E-state index in [1.54, 1.807) is 6.08 Å². The SMILES string of the molecule is C[C@@]12CCCN1CC[C@H]2CNC(=O)C1=CC(Cl)=CN2C=CNC12. The molecule has 2 N–H and O–H groups in total. The maximum Gasteiger partial charge on any atom is 0.251 e. The standard InChI is InChI=1S/C17H23ClN4O/c1-17-4-2-6-22(17)7-3-12(17)10-20-16(23)14-9-13(18)11-21-8-5-19-15(14)21/h5,8-9,11-12,15,19H,2-4,6-7,10H2,1H3,(H,20,23)/t12-,15?,17-/m0/s1. The predicted molar refractivity (Wildman–Crippen MR) is 90.3 cm³/mol. The monoisotopic (exact) mass is 334 g/mol. The number of allylic oxidation sites excluding steroid dienone is 2. The van der Waals surface area contributed by atoms with Gasteiger partial charge in [-0.2, -0.15) is 0 Å². The first kappa shape index (κ1) is 15.1. The van der Waals surface area contributed by atoms with Crippen molar-refractivity contribution in [1.82, 2.24) is 20.4 Å². The van der Waals surface area contributed by atoms with Gasteiger partial charge in [0.05, 0.1) is 10.6 Å². The third-order valence-corrected chi connectivity index (χ3v) is 6.10. The number of halogens is 1. The highest BCUT2D eigenvalue weighted by atomic mass is 35.5. The molecule has 0 aliphatic carbocycles. The second-order valence-corrected chi connectivity index (χ2v) is 7.53. The van der Waals surface area contributed by atoms with Crippen LogP contribution in [0.4, 0.5) is 0 Å². The molecule has 0 radical (unpaired) electrons. The summed E-state index contributed by atoms with van der Waals surface area (Å²) in [6.07, 6.45) is 10.9. The van der Waals surface area contributed by atoms with Crippen LogP contribution in [0.15, 0.2) is 35.3 Å². The van der Waals surface area contributed by atoms with Crippen LogP contribution in [0.5, 0.6) is 0 Å². The Hall–Kier alpha value is -1.46. The van der Waals surface area contributed by atoms with E-state index in [4.69, 9.17) is 11.6 Å². The Morgan fingerprint density at radius 3 is 3.26 bits per heavy atom. The normalized spacial score (nSPS) is 35.5. The van der Waals surface area contributed by atoms with Gasteiger partial charge in [0.15, 0.2) is 0 Å². The van der Waals surface area contributed by atoms with E-state index in [0.29, 0.717) is 16.5 Å². The molecule has 0 aromatic carbocycles. The van der Waals surface area contributed by atoms with Crippen LogP contribution in [0.3, 0.4) is 0 Å². The summed E-state index contributed by atoms with van der Waals surface area (Å²) in [5.41, 5.74) is 0.944. The summed E-state index contributed by atoms with van der Waals surface area (Å²) < 4.78 is 0. The van der Waals surface area contributed by atoms with Gasteiger partial charge in [0, 0.05) is 30.7 Å². The number of nitrogens with one attached hydrogen (secondary N) is 2. The van der Waals surface area contributed by atoms with E-state index in [0.717, 1.165) is 13.1 Å². The van der Waals surface area contributed by atoms with Gasteiger partial charge in [-0.25, -0.2) is 0 Å². The topological polar surface area (TPSA) is 47.6 Å². The lowest BCUT2D eigenvalue weighted by Gasteiger charge is -2.34. The molecular formula is C17H23ClN4O. The van der Waals surface area contributed by atoms with E-state index >= 15 is 0 Å². The van der Waals surface area contributed by atoms with Crippen LogP contribution in [0, 0.1) is 5.92 Å². The Morgan fingerprint density at radius 1 is 1.52 bits per heavy atom. The maximum absolute atomic E-state index is 12.7. The van der Waals surface area contributed by atoms with Gasteiger partial charge >= 0.3 is 0 Å². The van der Waals surface area contributed by atoms with Crippen molar-refractivity contribution in [2.45, 2.75) is 37.9 Å². The first-order chi connectivity index (χ1) is 11.1. The van der Waals surface area contributed by atoms with E-state index in [2.05, 4.69) is 22.5 Å². The molecule has 3 atom stereocenters. The molecule has 4 aliphatic rings. The van der Waals surface area contributed by atoms with Gasteiger partial charge in [-0.1, -0.05) is 11.6 Å². The Bertz CT molecular complexity index is 614. The molecule has 6 heteroatoms. The smallest absolute Gasteiger partial charge is 0.251 e. The number of amides is 1. The van der Waals surface area contributed by atoms with E-state index in [-0.39, 0.29) is 17.6 Å². The molecule has 4 aliphatic heterocycles. The lowest BCUT2D eigenvalue weighted by Crippen LogP contribution is -2.47.